The van der Waals surface area contributed by atoms with E-state index in [1.54, 1.807) is 70.9 Å². The van der Waals surface area contributed by atoms with Crippen molar-refractivity contribution < 1.29 is 52.9 Å². The number of ether oxygens (including phenoxy) is 3. The van der Waals surface area contributed by atoms with Gasteiger partial charge in [0.2, 0.25) is 11.8 Å². The molecular formula is C57H58N12O11S6. The van der Waals surface area contributed by atoms with Gasteiger partial charge in [-0.15, -0.1) is 68.0 Å². The Labute approximate surface area is 516 Å². The number of Topliss-reactive ketones (excluding diaryl/α,β-unsaturated/α-hetero) is 1. The lowest BCUT2D eigenvalue weighted by Gasteiger charge is -2.26. The molecule has 10 bridgehead atoms. The number of carbonyl (C=O) groups is 7. The molecule has 1 aliphatic carbocycles. The number of nitrogens with one attached hydrogen (secondary N) is 5. The van der Waals surface area contributed by atoms with Crippen LogP contribution in [0.4, 0.5) is 10.6 Å². The fourth-order valence-corrected chi connectivity index (χ4v) is 15.3. The van der Waals surface area contributed by atoms with Crippen LogP contribution < -0.4 is 26.6 Å². The van der Waals surface area contributed by atoms with Gasteiger partial charge in [-0.3, -0.25) is 34.1 Å². The number of aliphatic hydroxyl groups is 1. The Hall–Kier alpha value is -7.64. The fourth-order valence-electron chi connectivity index (χ4n) is 9.76. The van der Waals surface area contributed by atoms with E-state index in [1.165, 1.54) is 89.3 Å². The van der Waals surface area contributed by atoms with E-state index in [-0.39, 0.29) is 77.9 Å². The summed E-state index contributed by atoms with van der Waals surface area (Å²) in [6, 6.07) is 10.3. The first-order chi connectivity index (χ1) is 41.5. The molecule has 4 atom stereocenters. The van der Waals surface area contributed by atoms with Crippen LogP contribution in [-0.2, 0) is 35.2 Å². The molecular weight excluding hydrogens is 1220 g/mol. The van der Waals surface area contributed by atoms with Crippen LogP contribution in [-0.4, -0.2) is 115 Å². The summed E-state index contributed by atoms with van der Waals surface area (Å²) in [5.41, 5.74) is 2.86. The normalized spacial score (nSPS) is 19.0. The molecule has 6 N–H and O–H groups in total. The Morgan fingerprint density at radius 3 is 2.17 bits per heavy atom. The zero-order valence-corrected chi connectivity index (χ0v) is 52.1. The molecule has 0 unspecified atom stereocenters. The van der Waals surface area contributed by atoms with Crippen LogP contribution in [0.15, 0.2) is 64.0 Å². The highest BCUT2D eigenvalue weighted by Crippen LogP contribution is 2.41. The van der Waals surface area contributed by atoms with Gasteiger partial charge >= 0.3 is 12.1 Å². The number of rotatable bonds is 11. The molecule has 1 aliphatic heterocycles. The van der Waals surface area contributed by atoms with Crippen molar-refractivity contribution in [3.8, 4) is 43.4 Å². The molecule has 0 saturated heterocycles. The van der Waals surface area contributed by atoms with E-state index in [0.29, 0.717) is 99.4 Å². The summed E-state index contributed by atoms with van der Waals surface area (Å²) in [6.45, 7) is 5.16. The van der Waals surface area contributed by atoms with Crippen molar-refractivity contribution in [2.75, 3.05) is 33.1 Å². The predicted molar refractivity (Wildman–Crippen MR) is 326 cm³/mol. The van der Waals surface area contributed by atoms with E-state index in [2.05, 4.69) is 31.6 Å². The van der Waals surface area contributed by atoms with Crippen LogP contribution in [0.25, 0.3) is 43.4 Å². The number of aromatic nitrogens is 7. The van der Waals surface area contributed by atoms with Crippen LogP contribution in [0.5, 0.6) is 0 Å². The number of hydrogen-bond donors (Lipinski definition) is 6. The first-order valence-electron chi connectivity index (χ1n) is 27.2. The molecule has 5 amide bonds. The number of benzene rings is 1. The molecule has 86 heavy (non-hydrogen) atoms. The van der Waals surface area contributed by atoms with Crippen molar-refractivity contribution in [2.45, 2.75) is 96.1 Å². The Morgan fingerprint density at radius 1 is 0.721 bits per heavy atom. The number of thiazole rings is 6. The number of fused-ring (bicyclic) bond motifs is 14. The van der Waals surface area contributed by atoms with Gasteiger partial charge in [-0.2, -0.15) is 0 Å². The van der Waals surface area contributed by atoms with Gasteiger partial charge in [-0.1, -0.05) is 44.2 Å². The summed E-state index contributed by atoms with van der Waals surface area (Å²) in [7, 11) is 4.32. The van der Waals surface area contributed by atoms with E-state index < -0.39 is 54.5 Å². The highest BCUT2D eigenvalue weighted by atomic mass is 32.1. The highest BCUT2D eigenvalue weighted by molar-refractivity contribution is 7.15. The average molecular weight is 1280 g/mol. The Bertz CT molecular complexity index is 3810. The molecule has 1 fully saturated rings. The Morgan fingerprint density at radius 2 is 1.43 bits per heavy atom. The average Bonchev–Trinajstić information content (AvgIpc) is 3.74. The Kier molecular flexibility index (Phi) is 19.6. The standard InChI is InChI=1S/C57H58N12O11S6/c1-26(2)32-18-38(70)43-27(3)85-54(68-43)34(19-41(71)58-4)61-48(74)36-23-81-50(63-36)31-16-17-33(52-65-40(25-84-52)66-57(77)80-30-14-12-29(13-15-30)56(76)79-6)60-44(31)35-22-82-53(62-35)37-24-83-55(64-37)46(47(73)28-10-8-7-9-11-28)67-42(72)20-59-49(75)45-39(21-78-5)86-51(32)69-45/h7-11,16-17,22-26,29-30,32,34,46-47,73H,12-15,18-21H2,1-6H3,(H,58,71)(H,59,75)(H,61,74)(H,66,77)(H,67,72)/t29?,30?,32-,34+,46+,47+/m1/s1. The van der Waals surface area contributed by atoms with Crippen LogP contribution in [0.2, 0.25) is 0 Å². The Balaban J connectivity index is 1.01. The lowest BCUT2D eigenvalue weighted by atomic mass is 9.87. The van der Waals surface area contributed by atoms with Crippen LogP contribution in [0, 0.1) is 18.8 Å². The number of nitrogens with zero attached hydrogens (tertiary/aromatic N) is 7. The fraction of sp³-hybridized carbons (Fsp3) is 0.368. The van der Waals surface area contributed by atoms with E-state index in [0.717, 1.165) is 0 Å². The predicted octanol–water partition coefficient (Wildman–Crippen LogP) is 9.48. The van der Waals surface area contributed by atoms with Crippen molar-refractivity contribution in [2.24, 2.45) is 11.8 Å². The van der Waals surface area contributed by atoms with E-state index in [4.69, 9.17) is 44.1 Å². The maximum Gasteiger partial charge on any atom is 0.413 e. The van der Waals surface area contributed by atoms with E-state index in [9.17, 15) is 38.7 Å². The second-order valence-corrected chi connectivity index (χ2v) is 26.3. The molecule has 1 saturated carbocycles. The smallest absolute Gasteiger partial charge is 0.413 e. The largest absolute Gasteiger partial charge is 0.469 e. The molecule has 1 aromatic carbocycles. The maximum absolute atomic E-state index is 14.4. The van der Waals surface area contributed by atoms with Crippen LogP contribution in [0.1, 0.15) is 138 Å². The van der Waals surface area contributed by atoms with Gasteiger partial charge in [0, 0.05) is 58.5 Å². The van der Waals surface area contributed by atoms with Crippen molar-refractivity contribution in [3.63, 3.8) is 0 Å². The number of aliphatic hydroxyl groups excluding tert-OH is 1. The number of carbonyl (C=O) groups excluding carboxylic acids is 7. The first kappa shape index (κ1) is 61.4. The molecule has 7 aromatic heterocycles. The first-order valence-corrected chi connectivity index (χ1v) is 32.3. The number of anilines is 1. The molecule has 2 aliphatic rings. The van der Waals surface area contributed by atoms with Gasteiger partial charge in [-0.25, -0.2) is 39.7 Å². The zero-order valence-electron chi connectivity index (χ0n) is 47.2. The summed E-state index contributed by atoms with van der Waals surface area (Å²) in [5.74, 6) is -3.45. The lowest BCUT2D eigenvalue weighted by molar-refractivity contribution is -0.147. The molecule has 8 heterocycles. The molecule has 448 valence electrons. The van der Waals surface area contributed by atoms with Gasteiger partial charge in [0.25, 0.3) is 11.8 Å². The van der Waals surface area contributed by atoms with Crippen LogP contribution in [0.3, 0.4) is 0 Å². The van der Waals surface area contributed by atoms with E-state index >= 15 is 0 Å². The quantitative estimate of drug-likeness (QED) is 0.0656. The minimum atomic E-state index is -1.27. The lowest BCUT2D eigenvalue weighted by Crippen LogP contribution is -2.40. The summed E-state index contributed by atoms with van der Waals surface area (Å²) in [5, 5.41) is 35.1. The van der Waals surface area contributed by atoms with Crippen molar-refractivity contribution in [1.29, 1.82) is 0 Å². The van der Waals surface area contributed by atoms with E-state index in [1.807, 2.05) is 13.8 Å². The molecule has 23 nitrogen and oxygen atoms in total. The number of aryl methyl sites for hydroxylation is 1. The van der Waals surface area contributed by atoms with Crippen molar-refractivity contribution in [3.05, 3.63) is 111 Å². The van der Waals surface area contributed by atoms with Crippen molar-refractivity contribution in [1.82, 2.24) is 56.2 Å². The minimum absolute atomic E-state index is 0.0280. The maximum atomic E-state index is 14.4. The second-order valence-electron chi connectivity index (χ2n) is 20.5. The summed E-state index contributed by atoms with van der Waals surface area (Å²) >= 11 is 7.28. The molecule has 0 radical (unpaired) electrons. The minimum Gasteiger partial charge on any atom is -0.469 e. The second kappa shape index (κ2) is 27.4. The number of methoxy groups -OCH3 is 2. The monoisotopic (exact) mass is 1280 g/mol. The summed E-state index contributed by atoms with van der Waals surface area (Å²) in [4.78, 5) is 130. The topological polar surface area (TPSA) is 318 Å². The third-order valence-corrected chi connectivity index (χ3v) is 20.1. The van der Waals surface area contributed by atoms with Gasteiger partial charge in [0.1, 0.15) is 83.3 Å². The van der Waals surface area contributed by atoms with Gasteiger partial charge in [-0.05, 0) is 56.2 Å². The number of hydrogen-bond acceptors (Lipinski definition) is 24. The SMILES string of the molecule is CNC(=O)C[C@@H]1NC(=O)c2csc(n2)-c2ccc(-c3nc(NC(=O)OC4CCC(C(=O)OC)CC4)cs3)nc2-c2csc(n2)-c2csc(n2)[C@H]([C@@H](O)c2ccccc2)NC(=O)CNC(=O)c2nc(sc2COC)[C@@H](C(C)C)CC(=O)c2nc1sc2C. The zero-order chi connectivity index (χ0) is 60.8. The van der Waals surface area contributed by atoms with Crippen molar-refractivity contribution >= 4 is 115 Å². The summed E-state index contributed by atoms with van der Waals surface area (Å²) in [6.07, 6.45) is -0.461. The van der Waals surface area contributed by atoms with Gasteiger partial charge in [0.05, 0.1) is 54.2 Å². The number of esters is 1. The number of pyridine rings is 1. The van der Waals surface area contributed by atoms with Gasteiger partial charge < -0.3 is 40.6 Å². The van der Waals surface area contributed by atoms with Crippen LogP contribution >= 0.6 is 68.0 Å². The highest BCUT2D eigenvalue weighted by Gasteiger charge is 2.34. The molecule has 29 heteroatoms. The number of amides is 5. The molecule has 0 spiro atoms. The number of ketones is 1. The third kappa shape index (κ3) is 14.1. The molecule has 8 aromatic rings. The summed E-state index contributed by atoms with van der Waals surface area (Å²) < 4.78 is 16.0. The third-order valence-electron chi connectivity index (χ3n) is 14.3. The van der Waals surface area contributed by atoms with Gasteiger partial charge in [0.15, 0.2) is 5.78 Å². The molecule has 10 rings (SSSR count).